The van der Waals surface area contributed by atoms with Gasteiger partial charge in [-0.25, -0.2) is 8.42 Å². The number of aliphatic carboxylic acids is 1. The molecule has 6 nitrogen and oxygen atoms in total. The molecule has 1 aliphatic rings. The van der Waals surface area contributed by atoms with Crippen molar-refractivity contribution in [1.82, 2.24) is 4.31 Å². The summed E-state index contributed by atoms with van der Waals surface area (Å²) >= 11 is 5.89. The van der Waals surface area contributed by atoms with Crippen LogP contribution >= 0.6 is 11.6 Å². The van der Waals surface area contributed by atoms with Crippen LogP contribution in [0.1, 0.15) is 45.1 Å². The molecule has 0 spiro atoms. The molecule has 0 heterocycles. The van der Waals surface area contributed by atoms with E-state index in [9.17, 15) is 26.4 Å². The van der Waals surface area contributed by atoms with E-state index in [2.05, 4.69) is 4.99 Å². The molecule has 0 saturated carbocycles. The Morgan fingerprint density at radius 2 is 1.97 bits per heavy atom. The Labute approximate surface area is 185 Å². The maximum atomic E-state index is 13.0. The fourth-order valence-corrected chi connectivity index (χ4v) is 4.95. The van der Waals surface area contributed by atoms with Gasteiger partial charge in [-0.2, -0.15) is 17.5 Å². The van der Waals surface area contributed by atoms with Gasteiger partial charge in [-0.1, -0.05) is 24.1 Å². The molecule has 0 aliphatic heterocycles. The number of hydrogen-bond acceptors (Lipinski definition) is 4. The SMILES string of the molecule is CCC(=O)O.CN=CC1=C(C)CCC[C@H]1N(C)S(=O)(=O)c1ccc(C(F)(F)F)cc1Cl. The Bertz CT molecular complexity index is 960. The summed E-state index contributed by atoms with van der Waals surface area (Å²) in [5.74, 6) is -0.745. The van der Waals surface area contributed by atoms with E-state index in [1.165, 1.54) is 11.4 Å². The number of rotatable bonds is 5. The predicted molar refractivity (Wildman–Crippen MR) is 114 cm³/mol. The van der Waals surface area contributed by atoms with Crippen molar-refractivity contribution in [2.24, 2.45) is 4.99 Å². The van der Waals surface area contributed by atoms with Gasteiger partial charge < -0.3 is 5.11 Å². The molecule has 1 aromatic rings. The minimum Gasteiger partial charge on any atom is -0.481 e. The molecule has 0 radical (unpaired) electrons. The number of halogens is 4. The van der Waals surface area contributed by atoms with Crippen LogP contribution in [-0.4, -0.2) is 50.2 Å². The Morgan fingerprint density at radius 1 is 1.39 bits per heavy atom. The number of carboxylic acids is 1. The standard InChI is InChI=1S/C17H20ClF3N2O2S.C3H6O2/c1-11-5-4-6-15(13(11)10-22-2)23(3)26(24,25)16-8-7-12(9-14(16)18)17(19,20)21;1-2-3(4)5/h7-10,15H,4-6H2,1-3H3;2H2,1H3,(H,4,5)/t15-;/m1./s1. The Hall–Kier alpha value is -1.91. The van der Waals surface area contributed by atoms with Crippen LogP contribution in [-0.2, 0) is 21.0 Å². The first-order chi connectivity index (χ1) is 14.3. The van der Waals surface area contributed by atoms with E-state index in [1.807, 2.05) is 6.92 Å². The van der Waals surface area contributed by atoms with Crippen molar-refractivity contribution >= 4 is 33.8 Å². The van der Waals surface area contributed by atoms with Crippen LogP contribution in [0, 0.1) is 0 Å². The molecule has 0 fully saturated rings. The molecule has 1 N–H and O–H groups in total. The lowest BCUT2D eigenvalue weighted by Gasteiger charge is -2.32. The van der Waals surface area contributed by atoms with Gasteiger partial charge in [0.25, 0.3) is 0 Å². The van der Waals surface area contributed by atoms with E-state index in [0.717, 1.165) is 36.1 Å². The van der Waals surface area contributed by atoms with Crippen LogP contribution < -0.4 is 0 Å². The van der Waals surface area contributed by atoms with Crippen LogP contribution in [0.15, 0.2) is 39.2 Å². The summed E-state index contributed by atoms with van der Waals surface area (Å²) in [5, 5.41) is 7.27. The molecule has 0 unspecified atom stereocenters. The first-order valence-corrected chi connectivity index (χ1v) is 11.3. The van der Waals surface area contributed by atoms with Crippen LogP contribution in [0.25, 0.3) is 0 Å². The lowest BCUT2D eigenvalue weighted by atomic mass is 9.89. The monoisotopic (exact) mass is 482 g/mol. The number of hydrogen-bond donors (Lipinski definition) is 1. The number of aliphatic imine (C=N–C) groups is 1. The third-order valence-corrected chi connectivity index (χ3v) is 7.16. The first kappa shape index (κ1) is 27.1. The predicted octanol–water partition coefficient (Wildman–Crippen LogP) is 5.03. The molecule has 31 heavy (non-hydrogen) atoms. The summed E-state index contributed by atoms with van der Waals surface area (Å²) in [6, 6.07) is 1.84. The molecule has 1 atom stereocenters. The third kappa shape index (κ3) is 7.05. The second kappa shape index (κ2) is 11.1. The number of sulfonamides is 1. The van der Waals surface area contributed by atoms with Crippen LogP contribution in [0.3, 0.4) is 0 Å². The minimum absolute atomic E-state index is 0.222. The number of nitrogens with zero attached hydrogens (tertiary/aromatic N) is 2. The Balaban J connectivity index is 0.000000861. The maximum absolute atomic E-state index is 13.0. The highest BCUT2D eigenvalue weighted by Crippen LogP contribution is 2.36. The molecule has 174 valence electrons. The van der Waals surface area contributed by atoms with Crippen LogP contribution in [0.2, 0.25) is 5.02 Å². The fourth-order valence-electron chi connectivity index (χ4n) is 3.07. The van der Waals surface area contributed by atoms with Gasteiger partial charge in [-0.15, -0.1) is 0 Å². The van der Waals surface area contributed by atoms with E-state index in [4.69, 9.17) is 16.7 Å². The quantitative estimate of drug-likeness (QED) is 0.596. The van der Waals surface area contributed by atoms with Crippen LogP contribution in [0.5, 0.6) is 0 Å². The van der Waals surface area contributed by atoms with Gasteiger partial charge in [0.15, 0.2) is 0 Å². The number of carbonyl (C=O) groups is 1. The van der Waals surface area contributed by atoms with Crippen molar-refractivity contribution < 1.29 is 31.5 Å². The zero-order valence-electron chi connectivity index (χ0n) is 17.7. The zero-order chi connectivity index (χ0) is 24.0. The second-order valence-corrected chi connectivity index (χ2v) is 9.32. The summed E-state index contributed by atoms with van der Waals surface area (Å²) in [4.78, 5) is 13.0. The lowest BCUT2D eigenvalue weighted by Crippen LogP contribution is -2.40. The average molecular weight is 483 g/mol. The van der Waals surface area contributed by atoms with Crippen molar-refractivity contribution in [2.75, 3.05) is 14.1 Å². The van der Waals surface area contributed by atoms with Crippen LogP contribution in [0.4, 0.5) is 13.2 Å². The number of likely N-dealkylation sites (N-methyl/N-ethyl adjacent to an activating group) is 1. The number of allylic oxidation sites excluding steroid dienone is 1. The van der Waals surface area contributed by atoms with E-state index in [0.29, 0.717) is 12.5 Å². The average Bonchev–Trinajstić information content (AvgIpc) is 2.68. The fraction of sp³-hybridized carbons (Fsp3) is 0.500. The molecule has 1 aromatic carbocycles. The molecule has 1 aliphatic carbocycles. The third-order valence-electron chi connectivity index (χ3n) is 4.81. The normalized spacial score (nSPS) is 17.6. The molecule has 0 saturated heterocycles. The van der Waals surface area contributed by atoms with Crippen molar-refractivity contribution in [3.8, 4) is 0 Å². The number of benzene rings is 1. The summed E-state index contributed by atoms with van der Waals surface area (Å²) in [6.07, 6.45) is -0.455. The van der Waals surface area contributed by atoms with Gasteiger partial charge >= 0.3 is 12.1 Å². The van der Waals surface area contributed by atoms with Gasteiger partial charge in [0.2, 0.25) is 10.0 Å². The molecule has 0 bridgehead atoms. The molecular formula is C20H26ClF3N2O4S. The zero-order valence-corrected chi connectivity index (χ0v) is 19.3. The van der Waals surface area contributed by atoms with Gasteiger partial charge in [0.1, 0.15) is 4.90 Å². The number of alkyl halides is 3. The van der Waals surface area contributed by atoms with E-state index < -0.39 is 38.8 Å². The summed E-state index contributed by atoms with van der Waals surface area (Å²) in [7, 11) is -1.05. The van der Waals surface area contributed by atoms with Gasteiger partial charge in [0.05, 0.1) is 16.6 Å². The van der Waals surface area contributed by atoms with E-state index in [-0.39, 0.29) is 11.3 Å². The van der Waals surface area contributed by atoms with Crippen molar-refractivity contribution in [3.05, 3.63) is 39.9 Å². The summed E-state index contributed by atoms with van der Waals surface area (Å²) in [6.45, 7) is 3.52. The molecule has 0 amide bonds. The van der Waals surface area contributed by atoms with Gasteiger partial charge in [-0.3, -0.25) is 9.79 Å². The Morgan fingerprint density at radius 3 is 2.42 bits per heavy atom. The van der Waals surface area contributed by atoms with E-state index >= 15 is 0 Å². The summed E-state index contributed by atoms with van der Waals surface area (Å²) < 4.78 is 65.4. The van der Waals surface area contributed by atoms with Crippen molar-refractivity contribution in [1.29, 1.82) is 0 Å². The van der Waals surface area contributed by atoms with Crippen molar-refractivity contribution in [3.63, 3.8) is 0 Å². The minimum atomic E-state index is -4.59. The van der Waals surface area contributed by atoms with Crippen molar-refractivity contribution in [2.45, 2.75) is 56.6 Å². The maximum Gasteiger partial charge on any atom is 0.416 e. The number of carboxylic acid groups (broad SMARTS) is 1. The smallest absolute Gasteiger partial charge is 0.416 e. The highest BCUT2D eigenvalue weighted by atomic mass is 35.5. The molecule has 11 heteroatoms. The first-order valence-electron chi connectivity index (χ1n) is 9.45. The summed E-state index contributed by atoms with van der Waals surface area (Å²) in [5.41, 5.74) is 0.872. The topological polar surface area (TPSA) is 87.0 Å². The second-order valence-electron chi connectivity index (χ2n) is 6.94. The van der Waals surface area contributed by atoms with Gasteiger partial charge in [0, 0.05) is 26.7 Å². The molecule has 2 rings (SSSR count). The van der Waals surface area contributed by atoms with E-state index in [1.54, 1.807) is 20.2 Å². The highest BCUT2D eigenvalue weighted by Gasteiger charge is 2.36. The molecule has 0 aromatic heterocycles. The lowest BCUT2D eigenvalue weighted by molar-refractivity contribution is -0.138. The largest absolute Gasteiger partial charge is 0.481 e. The van der Waals surface area contributed by atoms with Gasteiger partial charge in [-0.05, 0) is 50.0 Å². The Kier molecular flexibility index (Phi) is 9.71. The molecular weight excluding hydrogens is 457 g/mol. The highest BCUT2D eigenvalue weighted by molar-refractivity contribution is 7.89.